The van der Waals surface area contributed by atoms with Gasteiger partial charge in [-0.05, 0) is 25.8 Å². The second kappa shape index (κ2) is 5.53. The molecule has 2 rings (SSSR count). The van der Waals surface area contributed by atoms with Crippen molar-refractivity contribution in [2.45, 2.75) is 44.5 Å². The first-order valence-corrected chi connectivity index (χ1v) is 6.65. The number of nitrogens with zero attached hydrogens (tertiary/aromatic N) is 2. The van der Waals surface area contributed by atoms with E-state index < -0.39 is 0 Å². The van der Waals surface area contributed by atoms with Gasteiger partial charge >= 0.3 is 0 Å². The van der Waals surface area contributed by atoms with E-state index in [1.165, 1.54) is 31.4 Å². The highest BCUT2D eigenvalue weighted by Crippen LogP contribution is 2.30. The van der Waals surface area contributed by atoms with E-state index in [1.54, 1.807) is 0 Å². The van der Waals surface area contributed by atoms with Crippen LogP contribution in [-0.2, 0) is 5.88 Å². The summed E-state index contributed by atoms with van der Waals surface area (Å²) in [7, 11) is 0. The van der Waals surface area contributed by atoms with E-state index in [0.29, 0.717) is 11.9 Å². The first-order chi connectivity index (χ1) is 7.86. The molecule has 0 unspecified atom stereocenters. The van der Waals surface area contributed by atoms with Crippen molar-refractivity contribution in [3.63, 3.8) is 0 Å². The van der Waals surface area contributed by atoms with Crippen LogP contribution < -0.4 is 4.90 Å². The van der Waals surface area contributed by atoms with Crippen LogP contribution in [0.4, 0.5) is 5.69 Å². The second-order valence-electron chi connectivity index (χ2n) is 4.36. The van der Waals surface area contributed by atoms with Gasteiger partial charge in [0.15, 0.2) is 0 Å². The quantitative estimate of drug-likeness (QED) is 0.746. The second-order valence-corrected chi connectivity index (χ2v) is 4.63. The van der Waals surface area contributed by atoms with Gasteiger partial charge in [-0.25, -0.2) is 0 Å². The molecule has 1 aromatic rings. The Morgan fingerprint density at radius 1 is 1.44 bits per heavy atom. The predicted molar refractivity (Wildman–Crippen MR) is 69.1 cm³/mol. The lowest BCUT2D eigenvalue weighted by Crippen LogP contribution is -2.33. The van der Waals surface area contributed by atoms with Crippen LogP contribution in [0, 0.1) is 0 Å². The molecule has 1 aromatic heterocycles. The van der Waals surface area contributed by atoms with Gasteiger partial charge in [0.25, 0.3) is 0 Å². The van der Waals surface area contributed by atoms with Crippen LogP contribution in [0.25, 0.3) is 0 Å². The van der Waals surface area contributed by atoms with Gasteiger partial charge in [0, 0.05) is 36.2 Å². The molecule has 1 fully saturated rings. The lowest BCUT2D eigenvalue weighted by atomic mass is 10.1. The fourth-order valence-electron chi connectivity index (χ4n) is 2.64. The summed E-state index contributed by atoms with van der Waals surface area (Å²) in [6.07, 6.45) is 9.11. The summed E-state index contributed by atoms with van der Waals surface area (Å²) in [5, 5.41) is 0. The van der Waals surface area contributed by atoms with Gasteiger partial charge in [-0.3, -0.25) is 4.98 Å². The van der Waals surface area contributed by atoms with E-state index in [1.807, 2.05) is 12.4 Å². The highest BCUT2D eigenvalue weighted by Gasteiger charge is 2.22. The Hall–Kier alpha value is -0.760. The van der Waals surface area contributed by atoms with Crippen LogP contribution in [-0.4, -0.2) is 17.6 Å². The Balaban J connectivity index is 2.24. The van der Waals surface area contributed by atoms with Gasteiger partial charge in [0.05, 0.1) is 5.88 Å². The number of hydrogen-bond donors (Lipinski definition) is 0. The minimum Gasteiger partial charge on any atom is -0.368 e. The summed E-state index contributed by atoms with van der Waals surface area (Å²) >= 11 is 5.97. The maximum Gasteiger partial charge on any atom is 0.0509 e. The van der Waals surface area contributed by atoms with Crippen molar-refractivity contribution >= 4 is 17.3 Å². The molecule has 16 heavy (non-hydrogen) atoms. The molecule has 3 heteroatoms. The van der Waals surface area contributed by atoms with Crippen molar-refractivity contribution in [3.8, 4) is 0 Å². The fraction of sp³-hybridized carbons (Fsp3) is 0.615. The Kier molecular flexibility index (Phi) is 4.05. The molecule has 0 bridgehead atoms. The van der Waals surface area contributed by atoms with Crippen LogP contribution in [0.5, 0.6) is 0 Å². The van der Waals surface area contributed by atoms with Gasteiger partial charge in [-0.15, -0.1) is 11.6 Å². The normalized spacial score (nSPS) is 16.6. The van der Waals surface area contributed by atoms with Crippen molar-refractivity contribution in [1.29, 1.82) is 0 Å². The standard InChI is InChI=1S/C13H19ClN2/c1-2-16(12-5-3-4-6-12)13-7-8-15-10-11(13)9-14/h7-8,10,12H,2-6,9H2,1H3. The Bertz CT molecular complexity index is 334. The molecule has 0 spiro atoms. The maximum absolute atomic E-state index is 5.97. The molecule has 0 saturated heterocycles. The van der Waals surface area contributed by atoms with Crippen LogP contribution in [0.15, 0.2) is 18.5 Å². The number of alkyl halides is 1. The lowest BCUT2D eigenvalue weighted by Gasteiger charge is -2.31. The van der Waals surface area contributed by atoms with Crippen molar-refractivity contribution in [2.75, 3.05) is 11.4 Å². The summed E-state index contributed by atoms with van der Waals surface area (Å²) in [5.74, 6) is 0.548. The Morgan fingerprint density at radius 3 is 2.81 bits per heavy atom. The molecule has 2 nitrogen and oxygen atoms in total. The summed E-state index contributed by atoms with van der Waals surface area (Å²) in [6.45, 7) is 3.27. The Labute approximate surface area is 103 Å². The summed E-state index contributed by atoms with van der Waals surface area (Å²) in [5.41, 5.74) is 2.43. The van der Waals surface area contributed by atoms with Gasteiger partial charge in [0.1, 0.15) is 0 Å². The molecule has 0 aliphatic heterocycles. The highest BCUT2D eigenvalue weighted by molar-refractivity contribution is 6.17. The zero-order valence-electron chi connectivity index (χ0n) is 9.82. The van der Waals surface area contributed by atoms with E-state index in [0.717, 1.165) is 12.1 Å². The third-order valence-corrected chi connectivity index (χ3v) is 3.73. The molecular weight excluding hydrogens is 220 g/mol. The Morgan fingerprint density at radius 2 is 2.19 bits per heavy atom. The average molecular weight is 239 g/mol. The summed E-state index contributed by atoms with van der Waals surface area (Å²) < 4.78 is 0. The first-order valence-electron chi connectivity index (χ1n) is 6.12. The molecular formula is C13H19ClN2. The molecule has 1 heterocycles. The molecule has 0 N–H and O–H groups in total. The monoisotopic (exact) mass is 238 g/mol. The minimum atomic E-state index is 0.548. The number of anilines is 1. The van der Waals surface area contributed by atoms with E-state index in [4.69, 9.17) is 11.6 Å². The number of halogens is 1. The summed E-state index contributed by atoms with van der Waals surface area (Å²) in [4.78, 5) is 6.64. The van der Waals surface area contributed by atoms with Crippen molar-refractivity contribution < 1.29 is 0 Å². The molecule has 0 aromatic carbocycles. The minimum absolute atomic E-state index is 0.548. The number of pyridine rings is 1. The van der Waals surface area contributed by atoms with Gasteiger partial charge < -0.3 is 4.90 Å². The van der Waals surface area contributed by atoms with Crippen LogP contribution in [0.3, 0.4) is 0 Å². The summed E-state index contributed by atoms with van der Waals surface area (Å²) in [6, 6.07) is 2.80. The van der Waals surface area contributed by atoms with E-state index in [2.05, 4.69) is 22.9 Å². The van der Waals surface area contributed by atoms with E-state index in [-0.39, 0.29) is 0 Å². The fourth-order valence-corrected chi connectivity index (χ4v) is 2.85. The predicted octanol–water partition coefficient (Wildman–Crippen LogP) is 3.59. The zero-order valence-corrected chi connectivity index (χ0v) is 10.6. The van der Waals surface area contributed by atoms with E-state index >= 15 is 0 Å². The van der Waals surface area contributed by atoms with Gasteiger partial charge in [-0.2, -0.15) is 0 Å². The SMILES string of the molecule is CCN(c1ccncc1CCl)C1CCCC1. The number of aromatic nitrogens is 1. The molecule has 1 aliphatic carbocycles. The van der Waals surface area contributed by atoms with Crippen molar-refractivity contribution in [2.24, 2.45) is 0 Å². The van der Waals surface area contributed by atoms with Crippen LogP contribution in [0.1, 0.15) is 38.2 Å². The third kappa shape index (κ3) is 2.32. The van der Waals surface area contributed by atoms with Gasteiger partial charge in [0.2, 0.25) is 0 Å². The van der Waals surface area contributed by atoms with E-state index in [9.17, 15) is 0 Å². The molecule has 0 atom stereocenters. The maximum atomic E-state index is 5.97. The van der Waals surface area contributed by atoms with Crippen LogP contribution in [0.2, 0.25) is 0 Å². The number of hydrogen-bond acceptors (Lipinski definition) is 2. The molecule has 0 amide bonds. The smallest absolute Gasteiger partial charge is 0.0509 e. The van der Waals surface area contributed by atoms with Crippen molar-refractivity contribution in [3.05, 3.63) is 24.0 Å². The number of rotatable bonds is 4. The average Bonchev–Trinajstić information content (AvgIpc) is 2.84. The molecule has 1 saturated carbocycles. The zero-order chi connectivity index (χ0) is 11.4. The third-order valence-electron chi connectivity index (χ3n) is 3.44. The first kappa shape index (κ1) is 11.7. The topological polar surface area (TPSA) is 16.1 Å². The van der Waals surface area contributed by atoms with Crippen molar-refractivity contribution in [1.82, 2.24) is 4.98 Å². The molecule has 88 valence electrons. The largest absolute Gasteiger partial charge is 0.368 e. The van der Waals surface area contributed by atoms with Crippen LogP contribution >= 0.6 is 11.6 Å². The lowest BCUT2D eigenvalue weighted by molar-refractivity contribution is 0.618. The highest BCUT2D eigenvalue weighted by atomic mass is 35.5. The molecule has 0 radical (unpaired) electrons. The van der Waals surface area contributed by atoms with Gasteiger partial charge in [-0.1, -0.05) is 12.8 Å². The molecule has 1 aliphatic rings.